The first-order chi connectivity index (χ1) is 21.3. The standard InChI is InChI=1S/C39H22N2OS/c1-2-10-25-23(9-1)21-30(27-12-4-3-11-26(25)27)24-17-18-33-31(22-24)28-13-5-7-15-32(28)41(33)39-40-38-34(42-39)19-20-36-37(38)29-14-6-8-16-35(29)43-36/h1-22H. The Bertz CT molecular complexity index is 2740. The second-order valence-corrected chi connectivity index (χ2v) is 12.2. The Labute approximate surface area is 249 Å². The number of fused-ring (bicyclic) bond motifs is 11. The Hall–Kier alpha value is -5.45. The van der Waals surface area contributed by atoms with Crippen LogP contribution in [0.3, 0.4) is 0 Å². The monoisotopic (exact) mass is 566 g/mol. The van der Waals surface area contributed by atoms with Crippen LogP contribution in [0.15, 0.2) is 138 Å². The van der Waals surface area contributed by atoms with Gasteiger partial charge in [0.15, 0.2) is 5.58 Å². The Kier molecular flexibility index (Phi) is 4.60. The molecule has 3 nitrogen and oxygen atoms in total. The second kappa shape index (κ2) is 8.54. The van der Waals surface area contributed by atoms with Crippen LogP contribution in [-0.4, -0.2) is 9.55 Å². The van der Waals surface area contributed by atoms with Gasteiger partial charge >= 0.3 is 6.01 Å². The van der Waals surface area contributed by atoms with Crippen molar-refractivity contribution in [2.75, 3.05) is 0 Å². The zero-order valence-electron chi connectivity index (χ0n) is 22.9. The Balaban J connectivity index is 1.25. The summed E-state index contributed by atoms with van der Waals surface area (Å²) in [6, 6.07) is 48.4. The van der Waals surface area contributed by atoms with Crippen molar-refractivity contribution in [3.8, 4) is 17.1 Å². The predicted molar refractivity (Wildman–Crippen MR) is 182 cm³/mol. The molecule has 43 heavy (non-hydrogen) atoms. The number of oxazole rings is 1. The molecule has 7 aromatic carbocycles. The van der Waals surface area contributed by atoms with Crippen LogP contribution in [0, 0.1) is 0 Å². The van der Waals surface area contributed by atoms with Crippen LogP contribution in [0.4, 0.5) is 0 Å². The first-order valence-electron chi connectivity index (χ1n) is 14.5. The topological polar surface area (TPSA) is 31.0 Å². The van der Waals surface area contributed by atoms with Crippen molar-refractivity contribution < 1.29 is 4.42 Å². The number of hydrogen-bond donors (Lipinski definition) is 0. The first-order valence-corrected chi connectivity index (χ1v) is 15.3. The quantitative estimate of drug-likeness (QED) is 0.195. The molecule has 0 fully saturated rings. The van der Waals surface area contributed by atoms with Crippen molar-refractivity contribution in [2.45, 2.75) is 0 Å². The van der Waals surface area contributed by atoms with Crippen LogP contribution < -0.4 is 0 Å². The number of thiophene rings is 1. The third-order valence-electron chi connectivity index (χ3n) is 8.83. The van der Waals surface area contributed by atoms with Crippen molar-refractivity contribution in [2.24, 2.45) is 0 Å². The van der Waals surface area contributed by atoms with Crippen LogP contribution in [0.1, 0.15) is 0 Å². The van der Waals surface area contributed by atoms with Crippen LogP contribution in [-0.2, 0) is 0 Å². The Morgan fingerprint density at radius 3 is 2.16 bits per heavy atom. The van der Waals surface area contributed by atoms with Crippen LogP contribution in [0.5, 0.6) is 0 Å². The maximum Gasteiger partial charge on any atom is 0.307 e. The van der Waals surface area contributed by atoms with Gasteiger partial charge in [-0.3, -0.25) is 4.57 Å². The molecule has 0 N–H and O–H groups in total. The van der Waals surface area contributed by atoms with Gasteiger partial charge in [0, 0.05) is 30.9 Å². The molecule has 3 aromatic heterocycles. The van der Waals surface area contributed by atoms with E-state index in [1.807, 2.05) is 0 Å². The van der Waals surface area contributed by atoms with E-state index in [1.165, 1.54) is 63.6 Å². The predicted octanol–water partition coefficient (Wildman–Crippen LogP) is 11.3. The Morgan fingerprint density at radius 2 is 1.26 bits per heavy atom. The fourth-order valence-electron chi connectivity index (χ4n) is 6.92. The average Bonchev–Trinajstić information content (AvgIpc) is 3.75. The van der Waals surface area contributed by atoms with E-state index in [4.69, 9.17) is 9.40 Å². The van der Waals surface area contributed by atoms with Crippen molar-refractivity contribution in [3.63, 3.8) is 0 Å². The van der Waals surface area contributed by atoms with Crippen LogP contribution in [0.25, 0.3) is 91.8 Å². The third kappa shape index (κ3) is 3.21. The van der Waals surface area contributed by atoms with E-state index in [0.717, 1.165) is 22.1 Å². The normalized spacial score (nSPS) is 12.2. The van der Waals surface area contributed by atoms with Gasteiger partial charge in [-0.15, -0.1) is 11.3 Å². The lowest BCUT2D eigenvalue weighted by Crippen LogP contribution is -1.93. The van der Waals surface area contributed by atoms with Crippen LogP contribution >= 0.6 is 11.3 Å². The molecule has 0 unspecified atom stereocenters. The van der Waals surface area contributed by atoms with E-state index in [2.05, 4.69) is 138 Å². The molecule has 0 saturated carbocycles. The van der Waals surface area contributed by atoms with Gasteiger partial charge in [-0.1, -0.05) is 91.0 Å². The summed E-state index contributed by atoms with van der Waals surface area (Å²) >= 11 is 1.80. The Morgan fingerprint density at radius 1 is 0.535 bits per heavy atom. The highest BCUT2D eigenvalue weighted by Gasteiger charge is 2.20. The molecule has 10 aromatic rings. The summed E-state index contributed by atoms with van der Waals surface area (Å²) in [7, 11) is 0. The van der Waals surface area contributed by atoms with E-state index < -0.39 is 0 Å². The number of para-hydroxylation sites is 1. The van der Waals surface area contributed by atoms with E-state index in [1.54, 1.807) is 11.3 Å². The average molecular weight is 567 g/mol. The summed E-state index contributed by atoms with van der Waals surface area (Å²) < 4.78 is 11.2. The summed E-state index contributed by atoms with van der Waals surface area (Å²) in [6.45, 7) is 0. The van der Waals surface area contributed by atoms with Gasteiger partial charge in [0.2, 0.25) is 0 Å². The molecule has 10 rings (SSSR count). The molecule has 0 aliphatic carbocycles. The minimum Gasteiger partial charge on any atom is -0.423 e. The van der Waals surface area contributed by atoms with E-state index in [-0.39, 0.29) is 0 Å². The number of benzene rings is 7. The van der Waals surface area contributed by atoms with Gasteiger partial charge in [0.1, 0.15) is 5.52 Å². The molecule has 0 spiro atoms. The lowest BCUT2D eigenvalue weighted by atomic mass is 9.93. The molecule has 3 heterocycles. The highest BCUT2D eigenvalue weighted by molar-refractivity contribution is 7.26. The zero-order valence-corrected chi connectivity index (χ0v) is 23.7. The molecule has 0 amide bonds. The molecule has 200 valence electrons. The van der Waals surface area contributed by atoms with E-state index >= 15 is 0 Å². The third-order valence-corrected chi connectivity index (χ3v) is 9.97. The van der Waals surface area contributed by atoms with Crippen molar-refractivity contribution >= 4 is 86.0 Å². The summed E-state index contributed by atoms with van der Waals surface area (Å²) in [5.74, 6) is 0. The zero-order chi connectivity index (χ0) is 28.1. The summed E-state index contributed by atoms with van der Waals surface area (Å²) in [5, 5.41) is 9.81. The summed E-state index contributed by atoms with van der Waals surface area (Å²) in [6.07, 6.45) is 0. The van der Waals surface area contributed by atoms with Crippen molar-refractivity contribution in [1.82, 2.24) is 9.55 Å². The summed E-state index contributed by atoms with van der Waals surface area (Å²) in [5.41, 5.74) is 6.30. The minimum atomic E-state index is 0.591. The van der Waals surface area contributed by atoms with Gasteiger partial charge in [0.25, 0.3) is 0 Å². The fourth-order valence-corrected chi connectivity index (χ4v) is 8.03. The van der Waals surface area contributed by atoms with E-state index in [9.17, 15) is 0 Å². The second-order valence-electron chi connectivity index (χ2n) is 11.2. The van der Waals surface area contributed by atoms with Gasteiger partial charge in [0.05, 0.1) is 11.0 Å². The number of aromatic nitrogens is 2. The number of nitrogens with zero attached hydrogens (tertiary/aromatic N) is 2. The number of rotatable bonds is 2. The smallest absolute Gasteiger partial charge is 0.307 e. The van der Waals surface area contributed by atoms with Gasteiger partial charge in [-0.2, -0.15) is 4.98 Å². The summed E-state index contributed by atoms with van der Waals surface area (Å²) in [4.78, 5) is 5.16. The molecular formula is C39H22N2OS. The van der Waals surface area contributed by atoms with Gasteiger partial charge < -0.3 is 4.42 Å². The first kappa shape index (κ1) is 23.1. The highest BCUT2D eigenvalue weighted by atomic mass is 32.1. The maximum atomic E-state index is 6.53. The molecule has 0 aliphatic rings. The fraction of sp³-hybridized carbons (Fsp3) is 0. The van der Waals surface area contributed by atoms with Gasteiger partial charge in [-0.05, 0) is 75.1 Å². The molecule has 0 saturated heterocycles. The lowest BCUT2D eigenvalue weighted by Gasteiger charge is -2.11. The van der Waals surface area contributed by atoms with Crippen molar-refractivity contribution in [3.05, 3.63) is 133 Å². The SMILES string of the molecule is c1ccc2c(c1)cc(-c1ccc3c(c1)c1ccccc1n3-c1nc3c(ccc4sc5ccccc5c43)o1)c1ccccc12. The molecule has 0 bridgehead atoms. The van der Waals surface area contributed by atoms with Gasteiger partial charge in [-0.25, -0.2) is 0 Å². The van der Waals surface area contributed by atoms with Crippen LogP contribution in [0.2, 0.25) is 0 Å². The molecule has 0 aliphatic heterocycles. The largest absolute Gasteiger partial charge is 0.423 e. The minimum absolute atomic E-state index is 0.591. The molecule has 4 heteroatoms. The number of hydrogen-bond acceptors (Lipinski definition) is 3. The molecule has 0 atom stereocenters. The highest BCUT2D eigenvalue weighted by Crippen LogP contribution is 2.41. The van der Waals surface area contributed by atoms with E-state index in [0.29, 0.717) is 6.01 Å². The maximum absolute atomic E-state index is 6.53. The molecule has 0 radical (unpaired) electrons. The lowest BCUT2D eigenvalue weighted by molar-refractivity contribution is 0.574. The van der Waals surface area contributed by atoms with Crippen molar-refractivity contribution in [1.29, 1.82) is 0 Å². The molecular weight excluding hydrogens is 545 g/mol.